The van der Waals surface area contributed by atoms with E-state index in [1.807, 2.05) is 24.4 Å². The molecule has 0 amide bonds. The van der Waals surface area contributed by atoms with Crippen LogP contribution in [-0.4, -0.2) is 18.1 Å². The van der Waals surface area contributed by atoms with Crippen LogP contribution in [0.2, 0.25) is 0 Å². The summed E-state index contributed by atoms with van der Waals surface area (Å²) < 4.78 is 5.63. The van der Waals surface area contributed by atoms with Gasteiger partial charge in [-0.2, -0.15) is 0 Å². The minimum Gasteiger partial charge on any atom is -0.494 e. The fourth-order valence-corrected chi connectivity index (χ4v) is 1.59. The number of benzene rings is 1. The number of nitrogens with zero attached hydrogens (tertiary/aromatic N) is 1. The van der Waals surface area contributed by atoms with Crippen LogP contribution in [0.4, 0.5) is 0 Å². The Balaban J connectivity index is 2.02. The van der Waals surface area contributed by atoms with E-state index in [4.69, 9.17) is 10.5 Å². The summed E-state index contributed by atoms with van der Waals surface area (Å²) in [5.74, 6) is 0.900. The lowest BCUT2D eigenvalue weighted by Crippen LogP contribution is -2.03. The van der Waals surface area contributed by atoms with Gasteiger partial charge in [0.05, 0.1) is 6.61 Å². The Labute approximate surface area is 95.2 Å². The van der Waals surface area contributed by atoms with Gasteiger partial charge in [0, 0.05) is 17.8 Å². The molecule has 0 aliphatic rings. The van der Waals surface area contributed by atoms with Crippen molar-refractivity contribution in [3.8, 4) is 5.75 Å². The van der Waals surface area contributed by atoms with Crippen molar-refractivity contribution in [2.75, 3.05) is 13.2 Å². The van der Waals surface area contributed by atoms with Gasteiger partial charge in [0.25, 0.3) is 0 Å². The molecule has 0 radical (unpaired) electrons. The molecular weight excluding hydrogens is 200 g/mol. The summed E-state index contributed by atoms with van der Waals surface area (Å²) in [5, 5.41) is 2.29. The summed E-state index contributed by atoms with van der Waals surface area (Å²) in [7, 11) is 0. The lowest BCUT2D eigenvalue weighted by atomic mass is 10.2. The number of pyridine rings is 1. The molecule has 2 aromatic rings. The fraction of sp³-hybridized carbons (Fsp3) is 0.308. The van der Waals surface area contributed by atoms with Crippen LogP contribution in [0.1, 0.15) is 12.8 Å². The lowest BCUT2D eigenvalue weighted by molar-refractivity contribution is 0.308. The normalized spacial score (nSPS) is 10.6. The molecule has 0 saturated heterocycles. The molecule has 2 rings (SSSR count). The highest BCUT2D eigenvalue weighted by molar-refractivity contribution is 5.82. The zero-order valence-electron chi connectivity index (χ0n) is 9.23. The van der Waals surface area contributed by atoms with Crippen molar-refractivity contribution in [3.05, 3.63) is 36.7 Å². The van der Waals surface area contributed by atoms with E-state index in [0.29, 0.717) is 0 Å². The molecule has 1 aromatic heterocycles. The minimum absolute atomic E-state index is 0.725. The van der Waals surface area contributed by atoms with Gasteiger partial charge in [0.1, 0.15) is 5.75 Å². The van der Waals surface area contributed by atoms with Crippen molar-refractivity contribution in [1.29, 1.82) is 0 Å². The third kappa shape index (κ3) is 2.70. The molecular formula is C13H16N2O. The van der Waals surface area contributed by atoms with Crippen LogP contribution in [0, 0.1) is 0 Å². The van der Waals surface area contributed by atoms with E-state index in [0.717, 1.165) is 37.1 Å². The number of hydrogen-bond acceptors (Lipinski definition) is 3. The summed E-state index contributed by atoms with van der Waals surface area (Å²) in [6, 6.07) is 8.05. The Hall–Kier alpha value is -1.61. The van der Waals surface area contributed by atoms with Crippen LogP contribution in [0.15, 0.2) is 36.7 Å². The maximum atomic E-state index is 5.63. The van der Waals surface area contributed by atoms with E-state index in [2.05, 4.69) is 11.1 Å². The molecule has 0 atom stereocenters. The molecule has 0 aliphatic heterocycles. The van der Waals surface area contributed by atoms with Gasteiger partial charge in [0.2, 0.25) is 0 Å². The predicted molar refractivity (Wildman–Crippen MR) is 65.5 cm³/mol. The standard InChI is InChI=1S/C13H16N2O/c14-6-1-2-8-16-13-4-3-11-5-7-15-10-12(11)9-13/h3-5,7,9-10H,1-2,6,8,14H2. The van der Waals surface area contributed by atoms with Crippen LogP contribution in [0.3, 0.4) is 0 Å². The molecule has 1 aromatic carbocycles. The second-order valence-corrected chi connectivity index (χ2v) is 3.73. The highest BCUT2D eigenvalue weighted by Crippen LogP contribution is 2.19. The molecule has 84 valence electrons. The zero-order chi connectivity index (χ0) is 11.2. The number of ether oxygens (including phenoxy) is 1. The number of hydrogen-bond donors (Lipinski definition) is 1. The summed E-state index contributed by atoms with van der Waals surface area (Å²) in [6.07, 6.45) is 5.66. The topological polar surface area (TPSA) is 48.1 Å². The van der Waals surface area contributed by atoms with Crippen LogP contribution in [0.5, 0.6) is 5.75 Å². The molecule has 0 saturated carbocycles. The van der Waals surface area contributed by atoms with Crippen molar-refractivity contribution in [3.63, 3.8) is 0 Å². The minimum atomic E-state index is 0.725. The van der Waals surface area contributed by atoms with Gasteiger partial charge in [-0.1, -0.05) is 6.07 Å². The van der Waals surface area contributed by atoms with Crippen LogP contribution in [0.25, 0.3) is 10.8 Å². The first kappa shape index (κ1) is 10.9. The van der Waals surface area contributed by atoms with E-state index < -0.39 is 0 Å². The first-order valence-electron chi connectivity index (χ1n) is 5.57. The maximum absolute atomic E-state index is 5.63. The van der Waals surface area contributed by atoms with Gasteiger partial charge < -0.3 is 10.5 Å². The van der Waals surface area contributed by atoms with Gasteiger partial charge in [-0.15, -0.1) is 0 Å². The molecule has 0 unspecified atom stereocenters. The highest BCUT2D eigenvalue weighted by atomic mass is 16.5. The molecule has 16 heavy (non-hydrogen) atoms. The fourth-order valence-electron chi connectivity index (χ4n) is 1.59. The monoisotopic (exact) mass is 216 g/mol. The zero-order valence-corrected chi connectivity index (χ0v) is 9.23. The Morgan fingerprint density at radius 2 is 2.06 bits per heavy atom. The Kier molecular flexibility index (Phi) is 3.72. The molecule has 0 fully saturated rings. The second kappa shape index (κ2) is 5.47. The SMILES string of the molecule is NCCCCOc1ccc2ccncc2c1. The average Bonchev–Trinajstić information content (AvgIpc) is 2.34. The number of aromatic nitrogens is 1. The maximum Gasteiger partial charge on any atom is 0.119 e. The summed E-state index contributed by atoms with van der Waals surface area (Å²) in [4.78, 5) is 4.09. The molecule has 3 heteroatoms. The van der Waals surface area contributed by atoms with Gasteiger partial charge in [-0.25, -0.2) is 0 Å². The molecule has 3 nitrogen and oxygen atoms in total. The van der Waals surface area contributed by atoms with Gasteiger partial charge in [-0.3, -0.25) is 4.98 Å². The first-order valence-corrected chi connectivity index (χ1v) is 5.57. The van der Waals surface area contributed by atoms with E-state index in [9.17, 15) is 0 Å². The quantitative estimate of drug-likeness (QED) is 0.780. The molecule has 0 spiro atoms. The van der Waals surface area contributed by atoms with E-state index >= 15 is 0 Å². The Morgan fingerprint density at radius 3 is 2.94 bits per heavy atom. The van der Waals surface area contributed by atoms with Crippen molar-refractivity contribution in [2.24, 2.45) is 5.73 Å². The number of fused-ring (bicyclic) bond motifs is 1. The van der Waals surface area contributed by atoms with Gasteiger partial charge in [0.15, 0.2) is 0 Å². The highest BCUT2D eigenvalue weighted by Gasteiger charge is 1.97. The number of unbranched alkanes of at least 4 members (excludes halogenated alkanes) is 1. The van der Waals surface area contributed by atoms with Crippen molar-refractivity contribution in [1.82, 2.24) is 4.98 Å². The predicted octanol–water partition coefficient (Wildman–Crippen LogP) is 2.35. The van der Waals surface area contributed by atoms with Gasteiger partial charge in [-0.05, 0) is 43.0 Å². The lowest BCUT2D eigenvalue weighted by Gasteiger charge is -2.06. The Bertz CT molecular complexity index is 456. The molecule has 0 bridgehead atoms. The van der Waals surface area contributed by atoms with E-state index in [-0.39, 0.29) is 0 Å². The smallest absolute Gasteiger partial charge is 0.119 e. The average molecular weight is 216 g/mol. The number of nitrogens with two attached hydrogens (primary N) is 1. The van der Waals surface area contributed by atoms with Crippen LogP contribution < -0.4 is 10.5 Å². The van der Waals surface area contributed by atoms with E-state index in [1.54, 1.807) is 6.20 Å². The van der Waals surface area contributed by atoms with Gasteiger partial charge >= 0.3 is 0 Å². The third-order valence-corrected chi connectivity index (χ3v) is 2.48. The van der Waals surface area contributed by atoms with Crippen molar-refractivity contribution in [2.45, 2.75) is 12.8 Å². The van der Waals surface area contributed by atoms with Crippen LogP contribution in [-0.2, 0) is 0 Å². The Morgan fingerprint density at radius 1 is 1.12 bits per heavy atom. The summed E-state index contributed by atoms with van der Waals surface area (Å²) in [5.41, 5.74) is 5.42. The molecule has 1 heterocycles. The molecule has 0 aliphatic carbocycles. The second-order valence-electron chi connectivity index (χ2n) is 3.73. The van der Waals surface area contributed by atoms with Crippen LogP contribution >= 0.6 is 0 Å². The molecule has 2 N–H and O–H groups in total. The number of rotatable bonds is 5. The third-order valence-electron chi connectivity index (χ3n) is 2.48. The summed E-state index contributed by atoms with van der Waals surface area (Å²) >= 11 is 0. The largest absolute Gasteiger partial charge is 0.494 e. The van der Waals surface area contributed by atoms with Crippen molar-refractivity contribution >= 4 is 10.8 Å². The first-order chi connectivity index (χ1) is 7.90. The summed E-state index contributed by atoms with van der Waals surface area (Å²) in [6.45, 7) is 1.45. The van der Waals surface area contributed by atoms with E-state index in [1.165, 1.54) is 5.39 Å². The van der Waals surface area contributed by atoms with Crippen molar-refractivity contribution < 1.29 is 4.74 Å².